The molecule has 2 N–H and O–H groups in total. The predicted molar refractivity (Wildman–Crippen MR) is 86.7 cm³/mol. The highest BCUT2D eigenvalue weighted by Gasteiger charge is 2.29. The van der Waals surface area contributed by atoms with E-state index in [0.29, 0.717) is 35.4 Å². The van der Waals surface area contributed by atoms with E-state index in [1.807, 2.05) is 6.92 Å². The van der Waals surface area contributed by atoms with Gasteiger partial charge in [-0.05, 0) is 53.4 Å². The second-order valence-corrected chi connectivity index (χ2v) is 7.99. The zero-order valence-electron chi connectivity index (χ0n) is 12.3. The molecule has 21 heavy (non-hydrogen) atoms. The average molecular weight is 377 g/mol. The Kier molecular flexibility index (Phi) is 5.29. The Morgan fingerprint density at radius 3 is 2.76 bits per heavy atom. The van der Waals surface area contributed by atoms with Gasteiger partial charge in [0, 0.05) is 29.9 Å². The second kappa shape index (κ2) is 6.64. The molecule has 0 spiro atoms. The van der Waals surface area contributed by atoms with Crippen LogP contribution in [0.2, 0.25) is 0 Å². The molecule has 1 aliphatic heterocycles. The van der Waals surface area contributed by atoms with Crippen molar-refractivity contribution in [2.24, 2.45) is 0 Å². The SMILES string of the molecule is CCN(CC1CCCO1)S(=O)(=O)c1cc(N)c(Br)cc1C. The van der Waals surface area contributed by atoms with Crippen LogP contribution in [0.5, 0.6) is 0 Å². The molecule has 2 rings (SSSR count). The molecule has 0 aliphatic carbocycles. The molecule has 7 heteroatoms. The minimum absolute atomic E-state index is 0.00664. The summed E-state index contributed by atoms with van der Waals surface area (Å²) in [6.07, 6.45) is 1.90. The van der Waals surface area contributed by atoms with Crippen LogP contribution in [0.25, 0.3) is 0 Å². The van der Waals surface area contributed by atoms with Crippen molar-refractivity contribution in [1.29, 1.82) is 0 Å². The molecule has 1 aromatic carbocycles. The van der Waals surface area contributed by atoms with Gasteiger partial charge in [-0.15, -0.1) is 0 Å². The molecule has 0 saturated carbocycles. The molecule has 1 atom stereocenters. The van der Waals surface area contributed by atoms with Crippen LogP contribution in [0.1, 0.15) is 25.3 Å². The van der Waals surface area contributed by atoms with Crippen molar-refractivity contribution >= 4 is 31.6 Å². The van der Waals surface area contributed by atoms with Crippen molar-refractivity contribution in [1.82, 2.24) is 4.31 Å². The minimum Gasteiger partial charge on any atom is -0.398 e. The summed E-state index contributed by atoms with van der Waals surface area (Å²) in [5.74, 6) is 0. The number of nitrogens with zero attached hydrogens (tertiary/aromatic N) is 1. The lowest BCUT2D eigenvalue weighted by Crippen LogP contribution is -2.37. The van der Waals surface area contributed by atoms with E-state index in [4.69, 9.17) is 10.5 Å². The molecule has 5 nitrogen and oxygen atoms in total. The third-order valence-corrected chi connectivity index (χ3v) is 6.47. The summed E-state index contributed by atoms with van der Waals surface area (Å²) >= 11 is 3.32. The van der Waals surface area contributed by atoms with E-state index in [1.165, 1.54) is 10.4 Å². The first-order chi connectivity index (χ1) is 9.86. The normalized spacial score (nSPS) is 19.3. The fraction of sp³-hybridized carbons (Fsp3) is 0.571. The number of likely N-dealkylation sites (N-methyl/N-ethyl adjacent to an activating group) is 1. The van der Waals surface area contributed by atoms with Gasteiger partial charge in [0.2, 0.25) is 10.0 Å². The molecule has 1 heterocycles. The Morgan fingerprint density at radius 1 is 1.48 bits per heavy atom. The van der Waals surface area contributed by atoms with E-state index in [2.05, 4.69) is 15.9 Å². The summed E-state index contributed by atoms with van der Waals surface area (Å²) in [6, 6.07) is 3.26. The highest BCUT2D eigenvalue weighted by Crippen LogP contribution is 2.29. The van der Waals surface area contributed by atoms with Crippen molar-refractivity contribution in [2.75, 3.05) is 25.4 Å². The predicted octanol–water partition coefficient (Wildman–Crippen LogP) is 2.53. The number of benzene rings is 1. The summed E-state index contributed by atoms with van der Waals surface area (Å²) < 4.78 is 33.4. The fourth-order valence-corrected chi connectivity index (χ4v) is 4.68. The summed E-state index contributed by atoms with van der Waals surface area (Å²) in [4.78, 5) is 0.267. The van der Waals surface area contributed by atoms with Gasteiger partial charge in [-0.25, -0.2) is 8.42 Å². The van der Waals surface area contributed by atoms with E-state index in [1.54, 1.807) is 13.0 Å². The first-order valence-electron chi connectivity index (χ1n) is 7.03. The number of sulfonamides is 1. The molecular weight excluding hydrogens is 356 g/mol. The number of hydrogen-bond acceptors (Lipinski definition) is 4. The van der Waals surface area contributed by atoms with Crippen LogP contribution in [0.3, 0.4) is 0 Å². The van der Waals surface area contributed by atoms with Gasteiger partial charge in [-0.2, -0.15) is 4.31 Å². The van der Waals surface area contributed by atoms with Crippen molar-refractivity contribution in [3.05, 3.63) is 22.2 Å². The summed E-state index contributed by atoms with van der Waals surface area (Å²) in [5, 5.41) is 0. The number of nitrogen functional groups attached to an aromatic ring is 1. The highest BCUT2D eigenvalue weighted by atomic mass is 79.9. The van der Waals surface area contributed by atoms with Gasteiger partial charge in [0.15, 0.2) is 0 Å². The molecule has 1 saturated heterocycles. The van der Waals surface area contributed by atoms with Crippen LogP contribution in [0, 0.1) is 6.92 Å². The molecule has 1 fully saturated rings. The van der Waals surface area contributed by atoms with Crippen LogP contribution in [0.4, 0.5) is 5.69 Å². The highest BCUT2D eigenvalue weighted by molar-refractivity contribution is 9.10. The van der Waals surface area contributed by atoms with Crippen LogP contribution in [-0.4, -0.2) is 38.5 Å². The second-order valence-electron chi connectivity index (χ2n) is 5.23. The number of rotatable bonds is 5. The van der Waals surface area contributed by atoms with Crippen LogP contribution in [0.15, 0.2) is 21.5 Å². The molecule has 1 unspecified atom stereocenters. The van der Waals surface area contributed by atoms with Gasteiger partial charge < -0.3 is 10.5 Å². The van der Waals surface area contributed by atoms with Crippen LogP contribution in [-0.2, 0) is 14.8 Å². The zero-order chi connectivity index (χ0) is 15.6. The Morgan fingerprint density at radius 2 is 2.19 bits per heavy atom. The van der Waals surface area contributed by atoms with Crippen molar-refractivity contribution < 1.29 is 13.2 Å². The Hall–Kier alpha value is -0.630. The van der Waals surface area contributed by atoms with Gasteiger partial charge in [0.05, 0.1) is 11.0 Å². The molecule has 0 aromatic heterocycles. The van der Waals surface area contributed by atoms with Crippen LogP contribution < -0.4 is 5.73 Å². The van der Waals surface area contributed by atoms with Crippen molar-refractivity contribution in [2.45, 2.75) is 37.7 Å². The Labute approximate surface area is 134 Å². The molecule has 0 radical (unpaired) electrons. The molecule has 1 aromatic rings. The molecule has 118 valence electrons. The maximum absolute atomic E-state index is 12.8. The number of aryl methyl sites for hydroxylation is 1. The third kappa shape index (κ3) is 3.59. The lowest BCUT2D eigenvalue weighted by Gasteiger charge is -2.24. The number of anilines is 1. The van der Waals surface area contributed by atoms with Gasteiger partial charge in [-0.1, -0.05) is 6.92 Å². The Balaban J connectivity index is 2.32. The van der Waals surface area contributed by atoms with E-state index in [9.17, 15) is 8.42 Å². The maximum atomic E-state index is 12.8. The first kappa shape index (κ1) is 16.7. The zero-order valence-corrected chi connectivity index (χ0v) is 14.7. The third-order valence-electron chi connectivity index (χ3n) is 3.70. The fourth-order valence-electron chi connectivity index (χ4n) is 2.50. The standard InChI is InChI=1S/C14H21BrN2O3S/c1-3-17(9-11-5-4-6-20-11)21(18,19)14-8-13(16)12(15)7-10(14)2/h7-8,11H,3-6,9,16H2,1-2H3. The molecular formula is C14H21BrN2O3S. The smallest absolute Gasteiger partial charge is 0.243 e. The van der Waals surface area contributed by atoms with Gasteiger partial charge in [-0.3, -0.25) is 0 Å². The largest absolute Gasteiger partial charge is 0.398 e. The number of hydrogen-bond donors (Lipinski definition) is 1. The quantitative estimate of drug-likeness (QED) is 0.801. The van der Waals surface area contributed by atoms with Crippen molar-refractivity contribution in [3.63, 3.8) is 0 Å². The first-order valence-corrected chi connectivity index (χ1v) is 9.27. The van der Waals surface area contributed by atoms with Gasteiger partial charge in [0.1, 0.15) is 0 Å². The summed E-state index contributed by atoms with van der Waals surface area (Å²) in [5.41, 5.74) is 6.94. The average Bonchev–Trinajstić information content (AvgIpc) is 2.92. The van der Waals surface area contributed by atoms with E-state index < -0.39 is 10.0 Å². The van der Waals surface area contributed by atoms with E-state index in [0.717, 1.165) is 12.8 Å². The lowest BCUT2D eigenvalue weighted by molar-refractivity contribution is 0.0946. The van der Waals surface area contributed by atoms with Crippen molar-refractivity contribution in [3.8, 4) is 0 Å². The van der Waals surface area contributed by atoms with Gasteiger partial charge >= 0.3 is 0 Å². The number of ether oxygens (including phenoxy) is 1. The molecule has 0 bridgehead atoms. The monoisotopic (exact) mass is 376 g/mol. The molecule has 0 amide bonds. The van der Waals surface area contributed by atoms with Crippen LogP contribution >= 0.6 is 15.9 Å². The minimum atomic E-state index is -3.56. The lowest BCUT2D eigenvalue weighted by atomic mass is 10.2. The summed E-state index contributed by atoms with van der Waals surface area (Å²) in [7, 11) is -3.56. The number of halogens is 1. The van der Waals surface area contributed by atoms with E-state index in [-0.39, 0.29) is 11.0 Å². The topological polar surface area (TPSA) is 72.6 Å². The van der Waals surface area contributed by atoms with E-state index >= 15 is 0 Å². The summed E-state index contributed by atoms with van der Waals surface area (Å²) in [6.45, 7) is 5.14. The molecule has 1 aliphatic rings. The Bertz CT molecular complexity index is 613. The van der Waals surface area contributed by atoms with Gasteiger partial charge in [0.25, 0.3) is 0 Å². The maximum Gasteiger partial charge on any atom is 0.243 e. The number of nitrogens with two attached hydrogens (primary N) is 1.